The highest BCUT2D eigenvalue weighted by molar-refractivity contribution is 6.03. The highest BCUT2D eigenvalue weighted by Gasteiger charge is 2.33. The summed E-state index contributed by atoms with van der Waals surface area (Å²) in [4.78, 5) is 26.2. The van der Waals surface area contributed by atoms with Gasteiger partial charge >= 0.3 is 0 Å². The summed E-state index contributed by atoms with van der Waals surface area (Å²) in [5, 5.41) is 3.02. The normalized spacial score (nSPS) is 27.1. The Morgan fingerprint density at radius 3 is 2.74 bits per heavy atom. The van der Waals surface area contributed by atoms with E-state index < -0.39 is 6.10 Å². The van der Waals surface area contributed by atoms with E-state index in [2.05, 4.69) is 5.32 Å². The maximum atomic E-state index is 12.4. The summed E-state index contributed by atoms with van der Waals surface area (Å²) >= 11 is 0. The van der Waals surface area contributed by atoms with E-state index in [1.165, 1.54) is 4.90 Å². The van der Waals surface area contributed by atoms with Crippen molar-refractivity contribution in [2.24, 2.45) is 5.73 Å². The maximum Gasteiger partial charge on any atom is 0.268 e. The van der Waals surface area contributed by atoms with Crippen LogP contribution in [0.5, 0.6) is 5.75 Å². The van der Waals surface area contributed by atoms with Crippen LogP contribution in [0.25, 0.3) is 0 Å². The first-order valence-electron chi connectivity index (χ1n) is 8.16. The van der Waals surface area contributed by atoms with Crippen LogP contribution in [0.1, 0.15) is 32.6 Å². The van der Waals surface area contributed by atoms with E-state index in [0.717, 1.165) is 25.7 Å². The molecule has 0 spiro atoms. The van der Waals surface area contributed by atoms with Crippen molar-refractivity contribution in [2.75, 3.05) is 11.4 Å². The van der Waals surface area contributed by atoms with Crippen molar-refractivity contribution < 1.29 is 14.3 Å². The summed E-state index contributed by atoms with van der Waals surface area (Å²) in [7, 11) is 0. The van der Waals surface area contributed by atoms with E-state index in [1.54, 1.807) is 13.0 Å². The molecular formula is C17H23N3O3. The number of amides is 2. The zero-order valence-electron chi connectivity index (χ0n) is 13.3. The first-order chi connectivity index (χ1) is 11.0. The van der Waals surface area contributed by atoms with Crippen LogP contribution in [-0.4, -0.2) is 36.5 Å². The van der Waals surface area contributed by atoms with Crippen molar-refractivity contribution in [3.63, 3.8) is 0 Å². The number of hydrogen-bond acceptors (Lipinski definition) is 4. The fourth-order valence-corrected chi connectivity index (χ4v) is 3.20. The Morgan fingerprint density at radius 2 is 2.00 bits per heavy atom. The third-order valence-electron chi connectivity index (χ3n) is 4.51. The molecule has 2 amide bonds. The second-order valence-corrected chi connectivity index (χ2v) is 6.33. The van der Waals surface area contributed by atoms with Gasteiger partial charge in [-0.05, 0) is 44.7 Å². The van der Waals surface area contributed by atoms with Gasteiger partial charge < -0.3 is 15.8 Å². The largest absolute Gasteiger partial charge is 0.479 e. The lowest BCUT2D eigenvalue weighted by molar-refractivity contribution is -0.128. The average molecular weight is 317 g/mol. The summed E-state index contributed by atoms with van der Waals surface area (Å²) in [5.74, 6) is 0.309. The number of nitrogens with two attached hydrogens (primary N) is 1. The first-order valence-corrected chi connectivity index (χ1v) is 8.16. The third kappa shape index (κ3) is 3.47. The van der Waals surface area contributed by atoms with Crippen molar-refractivity contribution in [1.82, 2.24) is 5.32 Å². The number of carbonyl (C=O) groups excluding carboxylic acids is 2. The van der Waals surface area contributed by atoms with Crippen LogP contribution >= 0.6 is 0 Å². The van der Waals surface area contributed by atoms with Crippen molar-refractivity contribution >= 4 is 17.5 Å². The molecule has 6 nitrogen and oxygen atoms in total. The third-order valence-corrected chi connectivity index (χ3v) is 4.51. The van der Waals surface area contributed by atoms with Crippen molar-refractivity contribution in [3.8, 4) is 5.75 Å². The summed E-state index contributed by atoms with van der Waals surface area (Å²) < 4.78 is 5.58. The average Bonchev–Trinajstić information content (AvgIpc) is 2.54. The van der Waals surface area contributed by atoms with E-state index in [4.69, 9.17) is 10.5 Å². The van der Waals surface area contributed by atoms with Crippen molar-refractivity contribution in [3.05, 3.63) is 24.3 Å². The van der Waals surface area contributed by atoms with Gasteiger partial charge in [-0.3, -0.25) is 14.5 Å². The Bertz CT molecular complexity index is 597. The minimum absolute atomic E-state index is 0.0199. The highest BCUT2D eigenvalue weighted by atomic mass is 16.5. The van der Waals surface area contributed by atoms with Crippen LogP contribution in [0, 0.1) is 0 Å². The zero-order chi connectivity index (χ0) is 16.4. The number of ether oxygens (including phenoxy) is 1. The molecule has 1 saturated carbocycles. The maximum absolute atomic E-state index is 12.4. The molecule has 3 N–H and O–H groups in total. The number of nitrogens with zero attached hydrogens (tertiary/aromatic N) is 1. The molecule has 6 heteroatoms. The first kappa shape index (κ1) is 15.8. The van der Waals surface area contributed by atoms with E-state index in [0.29, 0.717) is 11.4 Å². The molecule has 3 rings (SSSR count). The van der Waals surface area contributed by atoms with Gasteiger partial charge in [-0.1, -0.05) is 12.1 Å². The molecule has 1 aromatic carbocycles. The smallest absolute Gasteiger partial charge is 0.268 e. The number of hydrogen-bond donors (Lipinski definition) is 2. The molecule has 2 aliphatic rings. The second kappa shape index (κ2) is 6.58. The predicted octanol–water partition coefficient (Wildman–Crippen LogP) is 1.19. The molecule has 1 aromatic rings. The number of carbonyl (C=O) groups is 2. The van der Waals surface area contributed by atoms with Crippen LogP contribution in [0.3, 0.4) is 0 Å². The Labute approximate surface area is 136 Å². The quantitative estimate of drug-likeness (QED) is 0.877. The van der Waals surface area contributed by atoms with E-state index in [1.807, 2.05) is 18.2 Å². The van der Waals surface area contributed by atoms with Crippen LogP contribution in [0.2, 0.25) is 0 Å². The van der Waals surface area contributed by atoms with Gasteiger partial charge in [-0.2, -0.15) is 0 Å². The molecule has 1 unspecified atom stereocenters. The van der Waals surface area contributed by atoms with Gasteiger partial charge in [0.25, 0.3) is 5.91 Å². The molecule has 1 aliphatic heterocycles. The highest BCUT2D eigenvalue weighted by Crippen LogP contribution is 2.33. The molecule has 0 radical (unpaired) electrons. The number of rotatable bonds is 3. The Hall–Kier alpha value is -2.08. The monoisotopic (exact) mass is 317 g/mol. The SMILES string of the molecule is CC1Oc2ccccc2N(CC(=O)NC2CCC(N)CC2)C1=O. The molecule has 124 valence electrons. The van der Waals surface area contributed by atoms with Gasteiger partial charge in [-0.25, -0.2) is 0 Å². The van der Waals surface area contributed by atoms with Crippen molar-refractivity contribution in [1.29, 1.82) is 0 Å². The lowest BCUT2D eigenvalue weighted by Crippen LogP contribution is -2.50. The van der Waals surface area contributed by atoms with Gasteiger partial charge in [-0.15, -0.1) is 0 Å². The standard InChI is InChI=1S/C17H23N3O3/c1-11-17(22)20(14-4-2-3-5-15(14)23-11)10-16(21)19-13-8-6-12(18)7-9-13/h2-5,11-13H,6-10,18H2,1H3,(H,19,21). The van der Waals surface area contributed by atoms with Gasteiger partial charge in [0, 0.05) is 12.1 Å². The van der Waals surface area contributed by atoms with Crippen LogP contribution in [0.4, 0.5) is 5.69 Å². The van der Waals surface area contributed by atoms with Gasteiger partial charge in [0.2, 0.25) is 5.91 Å². The zero-order valence-corrected chi connectivity index (χ0v) is 13.3. The van der Waals surface area contributed by atoms with Gasteiger partial charge in [0.05, 0.1) is 5.69 Å². The van der Waals surface area contributed by atoms with Gasteiger partial charge in [0.1, 0.15) is 12.3 Å². The molecule has 1 aliphatic carbocycles. The minimum atomic E-state index is -0.578. The van der Waals surface area contributed by atoms with E-state index in [9.17, 15) is 9.59 Å². The molecule has 23 heavy (non-hydrogen) atoms. The molecule has 0 saturated heterocycles. The minimum Gasteiger partial charge on any atom is -0.479 e. The fourth-order valence-electron chi connectivity index (χ4n) is 3.20. The number of benzene rings is 1. The Morgan fingerprint density at radius 1 is 1.30 bits per heavy atom. The molecule has 0 aromatic heterocycles. The van der Waals surface area contributed by atoms with Crippen LogP contribution < -0.4 is 20.7 Å². The molecule has 1 atom stereocenters. The summed E-state index contributed by atoms with van der Waals surface area (Å²) in [6.45, 7) is 1.72. The number of para-hydroxylation sites is 2. The lowest BCUT2D eigenvalue weighted by atomic mass is 9.92. The molecular weight excluding hydrogens is 294 g/mol. The summed E-state index contributed by atoms with van der Waals surface area (Å²) in [5.41, 5.74) is 6.53. The Kier molecular flexibility index (Phi) is 4.52. The Balaban J connectivity index is 1.66. The predicted molar refractivity (Wildman–Crippen MR) is 87.3 cm³/mol. The van der Waals surface area contributed by atoms with Crippen molar-refractivity contribution in [2.45, 2.75) is 50.8 Å². The number of anilines is 1. The topological polar surface area (TPSA) is 84.7 Å². The van der Waals surface area contributed by atoms with Crippen LogP contribution in [0.15, 0.2) is 24.3 Å². The van der Waals surface area contributed by atoms with E-state index >= 15 is 0 Å². The van der Waals surface area contributed by atoms with Gasteiger partial charge in [0.15, 0.2) is 6.10 Å². The number of fused-ring (bicyclic) bond motifs is 1. The molecule has 1 heterocycles. The second-order valence-electron chi connectivity index (χ2n) is 6.33. The van der Waals surface area contributed by atoms with E-state index in [-0.39, 0.29) is 30.4 Å². The van der Waals surface area contributed by atoms with Crippen LogP contribution in [-0.2, 0) is 9.59 Å². The molecule has 0 bridgehead atoms. The lowest BCUT2D eigenvalue weighted by Gasteiger charge is -2.33. The summed E-state index contributed by atoms with van der Waals surface area (Å²) in [6, 6.07) is 7.70. The fraction of sp³-hybridized carbons (Fsp3) is 0.529. The molecule has 1 fully saturated rings. The number of nitrogens with one attached hydrogen (secondary N) is 1. The summed E-state index contributed by atoms with van der Waals surface area (Å²) in [6.07, 6.45) is 3.08.